The molecule has 1 aliphatic rings. The molecule has 1 atom stereocenters. The molecule has 0 fully saturated rings. The minimum Gasteiger partial charge on any atom is -0.491 e. The first-order chi connectivity index (χ1) is 14.9. The number of hydrogen-bond acceptors (Lipinski definition) is 7. The van der Waals surface area contributed by atoms with Crippen molar-refractivity contribution in [3.8, 4) is 5.75 Å². The highest BCUT2D eigenvalue weighted by molar-refractivity contribution is 7.99. The standard InChI is InChI=1S/C23H32N4O3S/c1-6-8-12-29-21(28)19-16(5)24-22-25-23(31-13-7-2)26-27(22)20(19)17-10-9-11-18(14-17)30-15(3)4/h9-11,14-15,20H,6-8,12-13H2,1-5H3,(H,24,25,26). The number of rotatable bonds is 10. The van der Waals surface area contributed by atoms with E-state index >= 15 is 0 Å². The van der Waals surface area contributed by atoms with Gasteiger partial charge in [0, 0.05) is 11.4 Å². The van der Waals surface area contributed by atoms with Crippen molar-refractivity contribution in [3.05, 3.63) is 41.1 Å². The molecule has 7 nitrogen and oxygen atoms in total. The van der Waals surface area contributed by atoms with E-state index in [4.69, 9.17) is 14.6 Å². The van der Waals surface area contributed by atoms with Crippen molar-refractivity contribution in [1.82, 2.24) is 14.8 Å². The van der Waals surface area contributed by atoms with Crippen LogP contribution in [0.25, 0.3) is 0 Å². The topological polar surface area (TPSA) is 78.3 Å². The second-order valence-corrected chi connectivity index (χ2v) is 8.87. The van der Waals surface area contributed by atoms with E-state index in [2.05, 4.69) is 24.1 Å². The van der Waals surface area contributed by atoms with Gasteiger partial charge in [-0.3, -0.25) is 0 Å². The number of anilines is 1. The van der Waals surface area contributed by atoms with Gasteiger partial charge in [-0.25, -0.2) is 9.48 Å². The number of allylic oxidation sites excluding steroid dienone is 1. The molecule has 0 aliphatic carbocycles. The van der Waals surface area contributed by atoms with Gasteiger partial charge in [0.15, 0.2) is 0 Å². The molecule has 1 aromatic carbocycles. The third-order valence-electron chi connectivity index (χ3n) is 4.77. The summed E-state index contributed by atoms with van der Waals surface area (Å²) in [5, 5.41) is 8.66. The van der Waals surface area contributed by atoms with Crippen LogP contribution in [0.2, 0.25) is 0 Å². The Hall–Kier alpha value is -2.48. The molecule has 3 rings (SSSR count). The highest BCUT2D eigenvalue weighted by atomic mass is 32.2. The molecule has 0 bridgehead atoms. The number of aromatic nitrogens is 3. The number of nitrogens with zero attached hydrogens (tertiary/aromatic N) is 3. The fraction of sp³-hybridized carbons (Fsp3) is 0.522. The van der Waals surface area contributed by atoms with Crippen LogP contribution in [-0.2, 0) is 9.53 Å². The van der Waals surface area contributed by atoms with Crippen LogP contribution in [0, 0.1) is 0 Å². The van der Waals surface area contributed by atoms with E-state index in [1.165, 1.54) is 0 Å². The highest BCUT2D eigenvalue weighted by Gasteiger charge is 2.35. The Morgan fingerprint density at radius 1 is 1.29 bits per heavy atom. The second kappa shape index (κ2) is 10.7. The van der Waals surface area contributed by atoms with Crippen LogP contribution in [-0.4, -0.2) is 39.2 Å². The average molecular weight is 445 g/mol. The summed E-state index contributed by atoms with van der Waals surface area (Å²) in [6.07, 6.45) is 2.89. The molecule has 1 aliphatic heterocycles. The van der Waals surface area contributed by atoms with Gasteiger partial charge >= 0.3 is 5.97 Å². The fourth-order valence-corrected chi connectivity index (χ4v) is 4.06. The predicted octanol–water partition coefficient (Wildman–Crippen LogP) is 5.20. The first kappa shape index (κ1) is 23.2. The van der Waals surface area contributed by atoms with Gasteiger partial charge in [-0.05, 0) is 51.3 Å². The summed E-state index contributed by atoms with van der Waals surface area (Å²) in [7, 11) is 0. The first-order valence-electron chi connectivity index (χ1n) is 10.9. The zero-order valence-electron chi connectivity index (χ0n) is 19.0. The van der Waals surface area contributed by atoms with E-state index in [0.29, 0.717) is 23.3 Å². The van der Waals surface area contributed by atoms with Crippen molar-refractivity contribution in [2.45, 2.75) is 71.2 Å². The van der Waals surface area contributed by atoms with Gasteiger partial charge in [0.1, 0.15) is 11.8 Å². The molecular formula is C23H32N4O3S. The zero-order valence-corrected chi connectivity index (χ0v) is 19.8. The molecule has 0 spiro atoms. The molecule has 168 valence electrons. The van der Waals surface area contributed by atoms with Crippen LogP contribution in [0.3, 0.4) is 0 Å². The highest BCUT2D eigenvalue weighted by Crippen LogP contribution is 2.37. The number of esters is 1. The van der Waals surface area contributed by atoms with Crippen molar-refractivity contribution in [1.29, 1.82) is 0 Å². The van der Waals surface area contributed by atoms with Crippen LogP contribution in [0.1, 0.15) is 65.5 Å². The minimum absolute atomic E-state index is 0.0537. The molecule has 8 heteroatoms. The summed E-state index contributed by atoms with van der Waals surface area (Å²) >= 11 is 1.61. The molecule has 1 unspecified atom stereocenters. The number of fused-ring (bicyclic) bond motifs is 1. The molecule has 0 saturated heterocycles. The van der Waals surface area contributed by atoms with Gasteiger partial charge in [-0.15, -0.1) is 5.10 Å². The molecular weight excluding hydrogens is 412 g/mol. The molecule has 2 aromatic rings. The lowest BCUT2D eigenvalue weighted by Crippen LogP contribution is -2.30. The Morgan fingerprint density at radius 2 is 2.10 bits per heavy atom. The van der Waals surface area contributed by atoms with Gasteiger partial charge in [0.2, 0.25) is 11.1 Å². The lowest BCUT2D eigenvalue weighted by atomic mass is 9.95. The van der Waals surface area contributed by atoms with Gasteiger partial charge in [0.05, 0.1) is 18.3 Å². The van der Waals surface area contributed by atoms with E-state index in [1.54, 1.807) is 16.4 Å². The van der Waals surface area contributed by atoms with E-state index in [0.717, 1.165) is 42.0 Å². The van der Waals surface area contributed by atoms with Crippen molar-refractivity contribution in [3.63, 3.8) is 0 Å². The molecule has 0 amide bonds. The number of hydrogen-bond donors (Lipinski definition) is 1. The number of thioether (sulfide) groups is 1. The number of unbranched alkanes of at least 4 members (excludes halogenated alkanes) is 1. The maximum absolute atomic E-state index is 13.1. The van der Waals surface area contributed by atoms with Crippen LogP contribution < -0.4 is 10.1 Å². The van der Waals surface area contributed by atoms with E-state index in [9.17, 15) is 4.79 Å². The number of carbonyl (C=O) groups excluding carboxylic acids is 1. The van der Waals surface area contributed by atoms with Crippen LogP contribution >= 0.6 is 11.8 Å². The van der Waals surface area contributed by atoms with E-state index in [1.807, 2.05) is 45.0 Å². The minimum atomic E-state index is -0.440. The molecule has 1 aromatic heterocycles. The predicted molar refractivity (Wildman–Crippen MR) is 124 cm³/mol. The largest absolute Gasteiger partial charge is 0.491 e. The van der Waals surface area contributed by atoms with E-state index < -0.39 is 6.04 Å². The summed E-state index contributed by atoms with van der Waals surface area (Å²) in [6.45, 7) is 10.5. The number of benzene rings is 1. The van der Waals surface area contributed by atoms with Crippen LogP contribution in [0.5, 0.6) is 5.75 Å². The molecule has 0 radical (unpaired) electrons. The van der Waals surface area contributed by atoms with Crippen molar-refractivity contribution in [2.75, 3.05) is 17.7 Å². The molecule has 0 saturated carbocycles. The Bertz CT molecular complexity index is 939. The Labute approximate surface area is 188 Å². The van der Waals surface area contributed by atoms with Gasteiger partial charge in [-0.1, -0.05) is 44.2 Å². The lowest BCUT2D eigenvalue weighted by Gasteiger charge is -2.28. The zero-order chi connectivity index (χ0) is 22.4. The lowest BCUT2D eigenvalue weighted by molar-refractivity contribution is -0.139. The van der Waals surface area contributed by atoms with Crippen LogP contribution in [0.4, 0.5) is 5.95 Å². The van der Waals surface area contributed by atoms with Gasteiger partial charge in [-0.2, -0.15) is 4.98 Å². The summed E-state index contributed by atoms with van der Waals surface area (Å²) in [5.41, 5.74) is 2.18. The average Bonchev–Trinajstić information content (AvgIpc) is 3.13. The third kappa shape index (κ3) is 5.61. The maximum Gasteiger partial charge on any atom is 0.338 e. The number of nitrogens with one attached hydrogen (secondary N) is 1. The van der Waals surface area contributed by atoms with Crippen molar-refractivity contribution in [2.24, 2.45) is 0 Å². The second-order valence-electron chi connectivity index (χ2n) is 7.81. The SMILES string of the molecule is CCCCOC(=O)C1=C(C)Nc2nc(SCCC)nn2C1c1cccc(OC(C)C)c1. The summed E-state index contributed by atoms with van der Waals surface area (Å²) in [4.78, 5) is 17.7. The Balaban J connectivity index is 2.03. The molecule has 1 N–H and O–H groups in total. The first-order valence-corrected chi connectivity index (χ1v) is 11.9. The van der Waals surface area contributed by atoms with Gasteiger partial charge in [0.25, 0.3) is 0 Å². The smallest absolute Gasteiger partial charge is 0.338 e. The van der Waals surface area contributed by atoms with Crippen molar-refractivity contribution >= 4 is 23.7 Å². The quantitative estimate of drug-likeness (QED) is 0.306. The fourth-order valence-electron chi connectivity index (χ4n) is 3.38. The van der Waals surface area contributed by atoms with E-state index in [-0.39, 0.29) is 12.1 Å². The van der Waals surface area contributed by atoms with Crippen molar-refractivity contribution < 1.29 is 14.3 Å². The Kier molecular flexibility index (Phi) is 8.01. The number of carbonyl (C=O) groups is 1. The number of ether oxygens (including phenoxy) is 2. The molecule has 31 heavy (non-hydrogen) atoms. The van der Waals surface area contributed by atoms with Crippen LogP contribution in [0.15, 0.2) is 40.7 Å². The monoisotopic (exact) mass is 444 g/mol. The summed E-state index contributed by atoms with van der Waals surface area (Å²) < 4.78 is 13.3. The summed E-state index contributed by atoms with van der Waals surface area (Å²) in [6, 6.07) is 7.37. The summed E-state index contributed by atoms with van der Waals surface area (Å²) in [5.74, 6) is 1.98. The normalized spacial score (nSPS) is 15.6. The third-order valence-corrected chi connectivity index (χ3v) is 5.81. The Morgan fingerprint density at radius 3 is 2.81 bits per heavy atom. The maximum atomic E-state index is 13.1. The van der Waals surface area contributed by atoms with Gasteiger partial charge < -0.3 is 14.8 Å². The molecule has 2 heterocycles.